The number of rotatable bonds is 6. The number of benzene rings is 1. The lowest BCUT2D eigenvalue weighted by Gasteiger charge is -2.20. The molecule has 1 N–H and O–H groups in total. The van der Waals surface area contributed by atoms with E-state index in [2.05, 4.69) is 57.3 Å². The van der Waals surface area contributed by atoms with Gasteiger partial charge in [0.2, 0.25) is 0 Å². The molecule has 2 rings (SSSR count). The maximum atomic E-state index is 5.39. The molecule has 0 bridgehead atoms. The van der Waals surface area contributed by atoms with E-state index in [0.29, 0.717) is 18.0 Å². The van der Waals surface area contributed by atoms with Gasteiger partial charge in [0.05, 0.1) is 6.26 Å². The first-order valence-corrected chi connectivity index (χ1v) is 7.44. The molecular formula is C18H25NO. The highest BCUT2D eigenvalue weighted by Gasteiger charge is 2.11. The van der Waals surface area contributed by atoms with Crippen molar-refractivity contribution in [3.63, 3.8) is 0 Å². The molecule has 0 fully saturated rings. The Hall–Kier alpha value is -1.54. The van der Waals surface area contributed by atoms with Crippen molar-refractivity contribution in [1.82, 2.24) is 5.32 Å². The molecule has 1 aromatic carbocycles. The standard InChI is InChI=1S/C18H25NO/c1-13(2)16-7-9-17(10-8-16)15(4)19-14(3)12-18-6-5-11-20-18/h5-11,13-15,19H,12H2,1-4H3. The van der Waals surface area contributed by atoms with E-state index < -0.39 is 0 Å². The second-order valence-electron chi connectivity index (χ2n) is 5.89. The van der Waals surface area contributed by atoms with Crippen molar-refractivity contribution in [2.75, 3.05) is 0 Å². The lowest BCUT2D eigenvalue weighted by Crippen LogP contribution is -2.30. The molecule has 0 saturated carbocycles. The number of nitrogens with one attached hydrogen (secondary N) is 1. The van der Waals surface area contributed by atoms with Crippen molar-refractivity contribution in [2.24, 2.45) is 0 Å². The van der Waals surface area contributed by atoms with Crippen LogP contribution < -0.4 is 5.32 Å². The van der Waals surface area contributed by atoms with Crippen LogP contribution in [0.15, 0.2) is 47.1 Å². The maximum absolute atomic E-state index is 5.39. The third-order valence-corrected chi connectivity index (χ3v) is 3.73. The summed E-state index contributed by atoms with van der Waals surface area (Å²) in [5, 5.41) is 3.62. The summed E-state index contributed by atoms with van der Waals surface area (Å²) >= 11 is 0. The van der Waals surface area contributed by atoms with Crippen LogP contribution in [0.5, 0.6) is 0 Å². The van der Waals surface area contributed by atoms with Crippen LogP contribution in [0.1, 0.15) is 56.5 Å². The lowest BCUT2D eigenvalue weighted by atomic mass is 9.99. The quantitative estimate of drug-likeness (QED) is 0.825. The molecule has 2 aromatic rings. The molecule has 108 valence electrons. The Labute approximate surface area is 122 Å². The molecule has 0 aliphatic rings. The van der Waals surface area contributed by atoms with Gasteiger partial charge in [-0.05, 0) is 43.0 Å². The monoisotopic (exact) mass is 271 g/mol. The minimum absolute atomic E-state index is 0.348. The van der Waals surface area contributed by atoms with Crippen LogP contribution in [0.4, 0.5) is 0 Å². The van der Waals surface area contributed by atoms with Crippen LogP contribution in [0.25, 0.3) is 0 Å². The van der Waals surface area contributed by atoms with Crippen LogP contribution in [-0.2, 0) is 6.42 Å². The Kier molecular flexibility index (Phi) is 5.02. The SMILES string of the molecule is CC(Cc1ccco1)NC(C)c1ccc(C(C)C)cc1. The van der Waals surface area contributed by atoms with Gasteiger partial charge in [-0.25, -0.2) is 0 Å². The fourth-order valence-electron chi connectivity index (χ4n) is 2.48. The lowest BCUT2D eigenvalue weighted by molar-refractivity contribution is 0.429. The van der Waals surface area contributed by atoms with Gasteiger partial charge in [0, 0.05) is 18.5 Å². The summed E-state index contributed by atoms with van der Waals surface area (Å²) in [6.45, 7) is 8.86. The third-order valence-electron chi connectivity index (χ3n) is 3.73. The van der Waals surface area contributed by atoms with Gasteiger partial charge in [-0.3, -0.25) is 0 Å². The summed E-state index contributed by atoms with van der Waals surface area (Å²) < 4.78 is 5.39. The van der Waals surface area contributed by atoms with E-state index in [1.54, 1.807) is 6.26 Å². The first kappa shape index (κ1) is 14.9. The Morgan fingerprint density at radius 3 is 2.15 bits per heavy atom. The van der Waals surface area contributed by atoms with Crippen LogP contribution in [0.2, 0.25) is 0 Å². The molecule has 0 amide bonds. The highest BCUT2D eigenvalue weighted by Crippen LogP contribution is 2.19. The highest BCUT2D eigenvalue weighted by atomic mass is 16.3. The van der Waals surface area contributed by atoms with Crippen LogP contribution >= 0.6 is 0 Å². The summed E-state index contributed by atoms with van der Waals surface area (Å²) in [4.78, 5) is 0. The van der Waals surface area contributed by atoms with Gasteiger partial charge < -0.3 is 9.73 Å². The molecule has 0 saturated heterocycles. The van der Waals surface area contributed by atoms with E-state index in [9.17, 15) is 0 Å². The van der Waals surface area contributed by atoms with E-state index in [0.717, 1.165) is 12.2 Å². The Morgan fingerprint density at radius 2 is 1.60 bits per heavy atom. The van der Waals surface area contributed by atoms with Crippen molar-refractivity contribution < 1.29 is 4.42 Å². The molecule has 2 nitrogen and oxygen atoms in total. The average Bonchev–Trinajstić information content (AvgIpc) is 2.91. The van der Waals surface area contributed by atoms with Crippen LogP contribution in [0, 0.1) is 0 Å². The first-order chi connectivity index (χ1) is 9.56. The molecule has 0 aliphatic heterocycles. The van der Waals surface area contributed by atoms with Gasteiger partial charge in [-0.1, -0.05) is 38.1 Å². The first-order valence-electron chi connectivity index (χ1n) is 7.44. The summed E-state index contributed by atoms with van der Waals surface area (Å²) in [5.74, 6) is 1.62. The Balaban J connectivity index is 1.92. The molecule has 0 aliphatic carbocycles. The normalized spacial score (nSPS) is 14.4. The van der Waals surface area contributed by atoms with Crippen molar-refractivity contribution in [3.8, 4) is 0 Å². The predicted molar refractivity (Wildman–Crippen MR) is 84.0 cm³/mol. The van der Waals surface area contributed by atoms with E-state index >= 15 is 0 Å². The smallest absolute Gasteiger partial charge is 0.105 e. The summed E-state index contributed by atoms with van der Waals surface area (Å²) in [6.07, 6.45) is 2.65. The zero-order chi connectivity index (χ0) is 14.5. The third kappa shape index (κ3) is 3.97. The predicted octanol–water partition coefficient (Wildman–Crippen LogP) is 4.68. The number of hydrogen-bond donors (Lipinski definition) is 1. The molecule has 0 radical (unpaired) electrons. The van der Waals surface area contributed by atoms with E-state index in [1.807, 2.05) is 12.1 Å². The summed E-state index contributed by atoms with van der Waals surface area (Å²) in [5.41, 5.74) is 2.73. The fourth-order valence-corrected chi connectivity index (χ4v) is 2.48. The van der Waals surface area contributed by atoms with E-state index in [-0.39, 0.29) is 0 Å². The number of furan rings is 1. The van der Waals surface area contributed by atoms with Crippen molar-refractivity contribution >= 4 is 0 Å². The van der Waals surface area contributed by atoms with Crippen molar-refractivity contribution in [1.29, 1.82) is 0 Å². The fraction of sp³-hybridized carbons (Fsp3) is 0.444. The average molecular weight is 271 g/mol. The zero-order valence-corrected chi connectivity index (χ0v) is 12.9. The molecule has 2 atom stereocenters. The van der Waals surface area contributed by atoms with E-state index in [4.69, 9.17) is 4.42 Å². The van der Waals surface area contributed by atoms with Gasteiger partial charge in [0.1, 0.15) is 5.76 Å². The Morgan fingerprint density at radius 1 is 0.950 bits per heavy atom. The van der Waals surface area contributed by atoms with Crippen LogP contribution in [-0.4, -0.2) is 6.04 Å². The number of hydrogen-bond acceptors (Lipinski definition) is 2. The molecule has 2 heteroatoms. The van der Waals surface area contributed by atoms with Gasteiger partial charge >= 0.3 is 0 Å². The maximum Gasteiger partial charge on any atom is 0.105 e. The Bertz CT molecular complexity index is 499. The van der Waals surface area contributed by atoms with Gasteiger partial charge in [0.25, 0.3) is 0 Å². The van der Waals surface area contributed by atoms with Gasteiger partial charge in [-0.2, -0.15) is 0 Å². The molecule has 2 unspecified atom stereocenters. The molecule has 1 aromatic heterocycles. The van der Waals surface area contributed by atoms with Gasteiger partial charge in [-0.15, -0.1) is 0 Å². The minimum atomic E-state index is 0.348. The van der Waals surface area contributed by atoms with Crippen LogP contribution in [0.3, 0.4) is 0 Å². The summed E-state index contributed by atoms with van der Waals surface area (Å²) in [6, 6.07) is 13.6. The van der Waals surface area contributed by atoms with Crippen molar-refractivity contribution in [2.45, 2.75) is 52.1 Å². The second-order valence-corrected chi connectivity index (χ2v) is 5.89. The minimum Gasteiger partial charge on any atom is -0.469 e. The molecule has 20 heavy (non-hydrogen) atoms. The summed E-state index contributed by atoms with van der Waals surface area (Å²) in [7, 11) is 0. The highest BCUT2D eigenvalue weighted by molar-refractivity contribution is 5.26. The zero-order valence-electron chi connectivity index (χ0n) is 12.9. The van der Waals surface area contributed by atoms with Gasteiger partial charge in [0.15, 0.2) is 0 Å². The second kappa shape index (κ2) is 6.76. The van der Waals surface area contributed by atoms with Crippen molar-refractivity contribution in [3.05, 3.63) is 59.5 Å². The molecule has 1 heterocycles. The molecular weight excluding hydrogens is 246 g/mol. The largest absolute Gasteiger partial charge is 0.469 e. The van der Waals surface area contributed by atoms with E-state index in [1.165, 1.54) is 11.1 Å². The molecule has 0 spiro atoms. The topological polar surface area (TPSA) is 25.2 Å².